The van der Waals surface area contributed by atoms with E-state index in [0.717, 1.165) is 51.7 Å². The van der Waals surface area contributed by atoms with E-state index in [4.69, 9.17) is 0 Å². The zero-order valence-electron chi connectivity index (χ0n) is 21.9. The molecule has 0 spiro atoms. The maximum atomic E-state index is 12.8. The van der Waals surface area contributed by atoms with Crippen molar-refractivity contribution in [3.63, 3.8) is 0 Å². The number of likely N-dealkylation sites (tertiary alicyclic amines) is 3. The van der Waals surface area contributed by atoms with Gasteiger partial charge in [0.2, 0.25) is 5.91 Å². The highest BCUT2D eigenvalue weighted by Gasteiger charge is 2.40. The summed E-state index contributed by atoms with van der Waals surface area (Å²) in [5.41, 5.74) is 2.95. The molecule has 4 heteroatoms. The fraction of sp³-hybridized carbons (Fsp3) is 0.821. The second kappa shape index (κ2) is 9.81. The van der Waals surface area contributed by atoms with Crippen molar-refractivity contribution in [2.75, 3.05) is 19.6 Å². The Balaban J connectivity index is 1.89. The Kier molecular flexibility index (Phi) is 7.72. The van der Waals surface area contributed by atoms with E-state index >= 15 is 0 Å². The minimum atomic E-state index is 0.0655. The predicted molar refractivity (Wildman–Crippen MR) is 135 cm³/mol. The molecule has 32 heavy (non-hydrogen) atoms. The molecular formula is C28H49N3O. The largest absolute Gasteiger partial charge is 0.372 e. The van der Waals surface area contributed by atoms with Gasteiger partial charge in [-0.1, -0.05) is 54.7 Å². The first kappa shape index (κ1) is 25.2. The summed E-state index contributed by atoms with van der Waals surface area (Å²) in [7, 11) is 0. The van der Waals surface area contributed by atoms with Gasteiger partial charge in [0.05, 0.1) is 0 Å². The predicted octanol–water partition coefficient (Wildman–Crippen LogP) is 6.20. The fourth-order valence-electron chi connectivity index (χ4n) is 6.29. The molecule has 3 heterocycles. The van der Waals surface area contributed by atoms with Crippen molar-refractivity contribution in [3.8, 4) is 0 Å². The molecule has 0 aliphatic carbocycles. The standard InChI is InChI=1S/C28H49N3O/c1-21-12-9-15-29(21)23(19-25(28(6,7)8)31-17-11-14-26(31)32)18-24(20-27(3,4)5)30-16-10-13-22(30)2/h23-25H,1-2,9-20H2,3-8H3. The monoisotopic (exact) mass is 443 g/mol. The molecule has 3 atom stereocenters. The van der Waals surface area contributed by atoms with E-state index in [-0.39, 0.29) is 16.9 Å². The van der Waals surface area contributed by atoms with E-state index in [1.54, 1.807) is 0 Å². The third-order valence-corrected chi connectivity index (χ3v) is 7.80. The highest BCUT2D eigenvalue weighted by atomic mass is 16.2. The van der Waals surface area contributed by atoms with Crippen molar-refractivity contribution >= 4 is 5.91 Å². The highest BCUT2D eigenvalue weighted by molar-refractivity contribution is 5.78. The number of hydrogen-bond donors (Lipinski definition) is 0. The van der Waals surface area contributed by atoms with Crippen LogP contribution in [-0.4, -0.2) is 58.4 Å². The Hall–Kier alpha value is -1.45. The first-order valence-corrected chi connectivity index (χ1v) is 13.0. The molecule has 0 saturated carbocycles. The fourth-order valence-corrected chi connectivity index (χ4v) is 6.29. The Morgan fingerprint density at radius 1 is 0.750 bits per heavy atom. The molecular weight excluding hydrogens is 394 g/mol. The molecule has 3 saturated heterocycles. The van der Waals surface area contributed by atoms with Crippen LogP contribution in [0.1, 0.15) is 99.3 Å². The quantitative estimate of drug-likeness (QED) is 0.447. The van der Waals surface area contributed by atoms with Crippen LogP contribution in [0.4, 0.5) is 0 Å². The summed E-state index contributed by atoms with van der Waals surface area (Å²) < 4.78 is 0. The summed E-state index contributed by atoms with van der Waals surface area (Å²) in [4.78, 5) is 20.2. The molecule has 3 aliphatic rings. The number of allylic oxidation sites excluding steroid dienone is 2. The second-order valence-electron chi connectivity index (χ2n) is 12.8. The smallest absolute Gasteiger partial charge is 0.222 e. The van der Waals surface area contributed by atoms with Crippen molar-refractivity contribution in [3.05, 3.63) is 24.6 Å². The van der Waals surface area contributed by atoms with E-state index in [1.165, 1.54) is 30.7 Å². The van der Waals surface area contributed by atoms with E-state index in [0.29, 0.717) is 24.4 Å². The lowest BCUT2D eigenvalue weighted by atomic mass is 9.79. The van der Waals surface area contributed by atoms with Gasteiger partial charge in [0, 0.05) is 55.6 Å². The first-order chi connectivity index (χ1) is 14.9. The van der Waals surface area contributed by atoms with Crippen LogP contribution in [0, 0.1) is 10.8 Å². The molecule has 0 N–H and O–H groups in total. The topological polar surface area (TPSA) is 26.8 Å². The number of rotatable bonds is 8. The Labute approximate surface area is 198 Å². The zero-order chi connectivity index (χ0) is 23.7. The molecule has 4 nitrogen and oxygen atoms in total. The lowest BCUT2D eigenvalue weighted by Gasteiger charge is -2.45. The van der Waals surface area contributed by atoms with Crippen molar-refractivity contribution in [2.24, 2.45) is 10.8 Å². The van der Waals surface area contributed by atoms with Crippen LogP contribution < -0.4 is 0 Å². The number of nitrogens with zero attached hydrogens (tertiary/aromatic N) is 3. The molecule has 0 aromatic carbocycles. The maximum absolute atomic E-state index is 12.8. The van der Waals surface area contributed by atoms with Crippen LogP contribution in [0.2, 0.25) is 0 Å². The van der Waals surface area contributed by atoms with Gasteiger partial charge in [-0.25, -0.2) is 0 Å². The van der Waals surface area contributed by atoms with E-state index < -0.39 is 0 Å². The average Bonchev–Trinajstić information content (AvgIpc) is 3.37. The minimum absolute atomic E-state index is 0.0655. The summed E-state index contributed by atoms with van der Waals surface area (Å²) in [5.74, 6) is 0.350. The number of carbonyl (C=O) groups excluding carboxylic acids is 1. The van der Waals surface area contributed by atoms with Gasteiger partial charge in [0.15, 0.2) is 0 Å². The van der Waals surface area contributed by atoms with E-state index in [2.05, 4.69) is 69.4 Å². The third kappa shape index (κ3) is 6.11. The van der Waals surface area contributed by atoms with Gasteiger partial charge in [-0.3, -0.25) is 4.79 Å². The first-order valence-electron chi connectivity index (χ1n) is 13.0. The van der Waals surface area contributed by atoms with Crippen LogP contribution in [0.3, 0.4) is 0 Å². The molecule has 0 aromatic rings. The number of carbonyl (C=O) groups is 1. The molecule has 0 radical (unpaired) electrons. The maximum Gasteiger partial charge on any atom is 0.222 e. The van der Waals surface area contributed by atoms with Gasteiger partial charge in [0.1, 0.15) is 0 Å². The van der Waals surface area contributed by atoms with Crippen LogP contribution in [0.15, 0.2) is 24.6 Å². The second-order valence-corrected chi connectivity index (χ2v) is 12.8. The summed E-state index contributed by atoms with van der Waals surface area (Å²) in [5, 5.41) is 0. The van der Waals surface area contributed by atoms with Crippen LogP contribution in [-0.2, 0) is 4.79 Å². The van der Waals surface area contributed by atoms with Crippen LogP contribution in [0.5, 0.6) is 0 Å². The van der Waals surface area contributed by atoms with Gasteiger partial charge in [0.25, 0.3) is 0 Å². The van der Waals surface area contributed by atoms with E-state index in [9.17, 15) is 4.79 Å². The third-order valence-electron chi connectivity index (χ3n) is 7.80. The molecule has 3 rings (SSSR count). The lowest BCUT2D eigenvalue weighted by molar-refractivity contribution is -0.132. The zero-order valence-corrected chi connectivity index (χ0v) is 21.9. The normalized spacial score (nSPS) is 23.4. The van der Waals surface area contributed by atoms with E-state index in [1.807, 2.05) is 0 Å². The van der Waals surface area contributed by atoms with Crippen molar-refractivity contribution in [1.29, 1.82) is 0 Å². The van der Waals surface area contributed by atoms with Crippen LogP contribution in [0.25, 0.3) is 0 Å². The lowest BCUT2D eigenvalue weighted by Crippen LogP contribution is -2.50. The number of hydrogen-bond acceptors (Lipinski definition) is 3. The van der Waals surface area contributed by atoms with Crippen molar-refractivity contribution in [1.82, 2.24) is 14.7 Å². The summed E-state index contributed by atoms with van der Waals surface area (Å²) >= 11 is 0. The highest BCUT2D eigenvalue weighted by Crippen LogP contribution is 2.38. The van der Waals surface area contributed by atoms with Gasteiger partial charge in [-0.05, 0) is 62.2 Å². The SMILES string of the molecule is C=C1CCCN1C(CC(CC(C)(C)C)N1CCCC1=C)CC(N1CCCC1=O)C(C)(C)C. The molecule has 3 fully saturated rings. The Morgan fingerprint density at radius 3 is 1.66 bits per heavy atom. The van der Waals surface area contributed by atoms with Crippen LogP contribution >= 0.6 is 0 Å². The summed E-state index contributed by atoms with van der Waals surface area (Å²) in [6.45, 7) is 26.1. The van der Waals surface area contributed by atoms with Crippen molar-refractivity contribution < 1.29 is 4.79 Å². The molecule has 3 aliphatic heterocycles. The molecule has 3 unspecified atom stereocenters. The minimum Gasteiger partial charge on any atom is -0.372 e. The molecule has 1 amide bonds. The Bertz CT molecular complexity index is 698. The molecule has 0 bridgehead atoms. The van der Waals surface area contributed by atoms with Gasteiger partial charge in [-0.15, -0.1) is 0 Å². The summed E-state index contributed by atoms with van der Waals surface area (Å²) in [6.07, 6.45) is 9.74. The van der Waals surface area contributed by atoms with Gasteiger partial charge in [-0.2, -0.15) is 0 Å². The Morgan fingerprint density at radius 2 is 1.25 bits per heavy atom. The van der Waals surface area contributed by atoms with Crippen molar-refractivity contribution in [2.45, 2.75) is 117 Å². The summed E-state index contributed by atoms with van der Waals surface area (Å²) in [6, 6.07) is 1.19. The number of amides is 1. The average molecular weight is 444 g/mol. The molecule has 182 valence electrons. The van der Waals surface area contributed by atoms with Gasteiger partial charge >= 0.3 is 0 Å². The molecule has 0 aromatic heterocycles. The van der Waals surface area contributed by atoms with Gasteiger partial charge < -0.3 is 14.7 Å².